The smallest absolute Gasteiger partial charge is 0.339 e. The summed E-state index contributed by atoms with van der Waals surface area (Å²) in [5.74, 6) is -3.17. The van der Waals surface area contributed by atoms with Crippen LogP contribution in [0.25, 0.3) is 22.3 Å². The van der Waals surface area contributed by atoms with Gasteiger partial charge in [0.05, 0.1) is 0 Å². The lowest BCUT2D eigenvalue weighted by molar-refractivity contribution is 0.0682. The van der Waals surface area contributed by atoms with Gasteiger partial charge in [-0.3, -0.25) is 8.42 Å². The summed E-state index contributed by atoms with van der Waals surface area (Å²) in [4.78, 5) is 22.0. The Hall–Kier alpha value is -3.70. The Labute approximate surface area is 207 Å². The molecule has 3 aromatic rings. The molecule has 6 N–H and O–H groups in total. The second kappa shape index (κ2) is 13.3. The van der Waals surface area contributed by atoms with Gasteiger partial charge in [0.15, 0.2) is 0 Å². The topological polar surface area (TPSA) is 175 Å². The number of hydrogen-bond donors (Lipinski definition) is 5. The van der Waals surface area contributed by atoms with Gasteiger partial charge < -0.3 is 26.2 Å². The molecule has 35 heavy (non-hydrogen) atoms. The van der Waals surface area contributed by atoms with Gasteiger partial charge in [0.2, 0.25) is 0 Å². The third-order valence-electron chi connectivity index (χ3n) is 4.15. The largest absolute Gasteiger partial charge is 0.507 e. The van der Waals surface area contributed by atoms with Gasteiger partial charge in [-0.05, 0) is 47.0 Å². The van der Waals surface area contributed by atoms with E-state index in [4.69, 9.17) is 15.9 Å². The first-order chi connectivity index (χ1) is 16.2. The van der Waals surface area contributed by atoms with Crippen molar-refractivity contribution < 1.29 is 38.4 Å². The molecule has 0 heterocycles. The number of hydrogen-bond acceptors (Lipinski definition) is 7. The second-order valence-electron chi connectivity index (χ2n) is 7.36. The van der Waals surface area contributed by atoms with Gasteiger partial charge >= 0.3 is 11.9 Å². The maximum absolute atomic E-state index is 11.0. The third kappa shape index (κ3) is 9.22. The predicted molar refractivity (Wildman–Crippen MR) is 139 cm³/mol. The molecule has 3 rings (SSSR count). The summed E-state index contributed by atoms with van der Waals surface area (Å²) in [6.45, 7) is 0. The highest BCUT2D eigenvalue weighted by atomic mass is 32.2. The van der Waals surface area contributed by atoms with Gasteiger partial charge in [0.25, 0.3) is 0 Å². The number of rotatable bonds is 4. The molecule has 0 radical (unpaired) electrons. The van der Waals surface area contributed by atoms with Gasteiger partial charge in [-0.2, -0.15) is 0 Å². The Morgan fingerprint density at radius 2 is 1.00 bits per heavy atom. The van der Waals surface area contributed by atoms with E-state index in [1.165, 1.54) is 24.3 Å². The molecule has 0 bridgehead atoms. The minimum Gasteiger partial charge on any atom is -0.507 e. The second-order valence-corrected chi connectivity index (χ2v) is 10.3. The van der Waals surface area contributed by atoms with Crippen molar-refractivity contribution in [2.45, 2.75) is 0 Å². The molecule has 188 valence electrons. The molecule has 0 saturated carbocycles. The Morgan fingerprint density at radius 3 is 1.37 bits per heavy atom. The van der Waals surface area contributed by atoms with Crippen LogP contribution >= 0.6 is 0 Å². The van der Waals surface area contributed by atoms with Crippen LogP contribution in [0, 0.1) is 0 Å². The fraction of sp³-hybridized carbons (Fsp3) is 0.167. The molecule has 0 fully saturated rings. The van der Waals surface area contributed by atoms with Crippen molar-refractivity contribution in [3.63, 3.8) is 0 Å². The van der Waals surface area contributed by atoms with E-state index < -0.39 is 33.5 Å². The number of benzene rings is 3. The van der Waals surface area contributed by atoms with Crippen LogP contribution in [-0.2, 0) is 21.6 Å². The monoisotopic (exact) mass is 521 g/mol. The molecule has 0 aliphatic rings. The van der Waals surface area contributed by atoms with Crippen LogP contribution < -0.4 is 5.73 Å². The first-order valence-corrected chi connectivity index (χ1v) is 13.7. The number of carboxylic acids is 2. The van der Waals surface area contributed by atoms with Crippen molar-refractivity contribution in [2.75, 3.05) is 30.8 Å². The van der Waals surface area contributed by atoms with Crippen LogP contribution in [0.2, 0.25) is 0 Å². The number of carboxylic acid groups (broad SMARTS) is 2. The molecule has 0 atom stereocenters. The van der Waals surface area contributed by atoms with Gasteiger partial charge in [-0.15, -0.1) is 0 Å². The predicted octanol–water partition coefficient (Wildman–Crippen LogP) is 3.40. The zero-order chi connectivity index (χ0) is 26.9. The van der Waals surface area contributed by atoms with Crippen molar-refractivity contribution in [1.29, 1.82) is 0 Å². The minimum absolute atomic E-state index is 0.197. The van der Waals surface area contributed by atoms with E-state index >= 15 is 0 Å². The molecule has 0 aliphatic heterocycles. The molecule has 3 aromatic carbocycles. The van der Waals surface area contributed by atoms with Crippen LogP contribution in [0.4, 0.5) is 5.69 Å². The number of phenols is 2. The summed E-state index contributed by atoms with van der Waals surface area (Å²) in [5.41, 5.74) is 8.46. The minimum atomic E-state index is -1.23. The van der Waals surface area contributed by atoms with Gasteiger partial charge in [0, 0.05) is 57.9 Å². The van der Waals surface area contributed by atoms with Crippen LogP contribution in [0.5, 0.6) is 11.5 Å². The molecule has 0 aliphatic carbocycles. The summed E-state index contributed by atoms with van der Waals surface area (Å²) in [5, 5.41) is 37.6. The molecule has 0 saturated heterocycles. The summed E-state index contributed by atoms with van der Waals surface area (Å²) in [6.07, 6.45) is 6.56. The van der Waals surface area contributed by atoms with Crippen molar-refractivity contribution in [2.24, 2.45) is 0 Å². The number of nitrogens with two attached hydrogens (primary N) is 1. The molecule has 11 heteroatoms. The van der Waals surface area contributed by atoms with E-state index in [0.29, 0.717) is 27.9 Å². The van der Waals surface area contributed by atoms with E-state index in [2.05, 4.69) is 0 Å². The molecular weight excluding hydrogens is 494 g/mol. The number of aromatic carboxylic acids is 2. The molecule has 0 unspecified atom stereocenters. The Morgan fingerprint density at radius 1 is 0.657 bits per heavy atom. The summed E-state index contributed by atoms with van der Waals surface area (Å²) in [6, 6.07) is 13.4. The highest BCUT2D eigenvalue weighted by Crippen LogP contribution is 2.34. The van der Waals surface area contributed by atoms with Gasteiger partial charge in [-0.25, -0.2) is 9.59 Å². The lowest BCUT2D eigenvalue weighted by Gasteiger charge is -2.11. The third-order valence-corrected chi connectivity index (χ3v) is 4.15. The van der Waals surface area contributed by atoms with Crippen LogP contribution in [0.3, 0.4) is 0 Å². The van der Waals surface area contributed by atoms with E-state index in [9.17, 15) is 28.2 Å². The number of nitrogen functional groups attached to an aromatic ring is 1. The zero-order valence-corrected chi connectivity index (χ0v) is 21.1. The van der Waals surface area contributed by atoms with Crippen LogP contribution in [0.15, 0.2) is 54.6 Å². The lowest BCUT2D eigenvalue weighted by Crippen LogP contribution is -1.98. The number of aromatic hydroxyl groups is 2. The van der Waals surface area contributed by atoms with Crippen molar-refractivity contribution >= 4 is 39.2 Å². The standard InChI is InChI=1S/C20H15NO6.2C2H6OS/c21-16-7-10(11-2-5-14(19(24)25)17(22)8-11)1-4-13(16)12-3-6-15(20(26)27)18(23)9-12;2*1-4(2)3/h1-9,22-23H,21H2,(H,24,25)(H,26,27);2*1-2H3. The highest BCUT2D eigenvalue weighted by molar-refractivity contribution is 7.83. The Bertz CT molecular complexity index is 1250. The average Bonchev–Trinajstić information content (AvgIpc) is 2.72. The van der Waals surface area contributed by atoms with Crippen molar-refractivity contribution in [1.82, 2.24) is 0 Å². The number of carbonyl (C=O) groups is 2. The fourth-order valence-electron chi connectivity index (χ4n) is 2.78. The Balaban J connectivity index is 0.000000668. The molecule has 9 nitrogen and oxygen atoms in total. The van der Waals surface area contributed by atoms with E-state index in [0.717, 1.165) is 0 Å². The fourth-order valence-corrected chi connectivity index (χ4v) is 2.78. The normalized spacial score (nSPS) is 10.1. The SMILES string of the molecule is CS(C)=O.CS(C)=O.Nc1cc(-c2ccc(C(=O)O)c(O)c2)ccc1-c1ccc(C(=O)O)c(O)c1. The van der Waals surface area contributed by atoms with Crippen LogP contribution in [0.1, 0.15) is 20.7 Å². The van der Waals surface area contributed by atoms with E-state index in [1.807, 2.05) is 0 Å². The summed E-state index contributed by atoms with van der Waals surface area (Å²) >= 11 is 0. The van der Waals surface area contributed by atoms with Gasteiger partial charge in [-0.1, -0.05) is 24.3 Å². The molecule has 0 aromatic heterocycles. The molecular formula is C24H27NO8S2. The molecule has 0 amide bonds. The first kappa shape index (κ1) is 29.3. The zero-order valence-electron chi connectivity index (χ0n) is 19.5. The van der Waals surface area contributed by atoms with E-state index in [-0.39, 0.29) is 22.6 Å². The quantitative estimate of drug-likeness (QED) is 0.322. The van der Waals surface area contributed by atoms with Crippen molar-refractivity contribution in [3.8, 4) is 33.8 Å². The Kier molecular flexibility index (Phi) is 11.1. The first-order valence-electron chi connectivity index (χ1n) is 9.77. The van der Waals surface area contributed by atoms with Gasteiger partial charge in [0.1, 0.15) is 22.6 Å². The van der Waals surface area contributed by atoms with Crippen LogP contribution in [-0.4, -0.2) is 65.8 Å². The maximum Gasteiger partial charge on any atom is 0.339 e. The lowest BCUT2D eigenvalue weighted by atomic mass is 9.96. The summed E-state index contributed by atoms with van der Waals surface area (Å²) < 4.78 is 19.1. The highest BCUT2D eigenvalue weighted by Gasteiger charge is 2.14. The molecule has 0 spiro atoms. The maximum atomic E-state index is 11.0. The van der Waals surface area contributed by atoms with E-state index in [1.54, 1.807) is 55.4 Å². The number of anilines is 1. The average molecular weight is 522 g/mol. The van der Waals surface area contributed by atoms with Crippen molar-refractivity contribution in [3.05, 3.63) is 65.7 Å². The summed E-state index contributed by atoms with van der Waals surface area (Å²) in [7, 11) is -1.22.